The molecule has 1 amide bonds. The molecule has 1 rings (SSSR count). The molecule has 0 aliphatic carbocycles. The van der Waals surface area contributed by atoms with E-state index in [1.54, 1.807) is 11.9 Å². The highest BCUT2D eigenvalue weighted by Crippen LogP contribution is 2.12. The van der Waals surface area contributed by atoms with E-state index < -0.39 is 11.6 Å². The predicted octanol–water partition coefficient (Wildman–Crippen LogP) is 1.18. The molecular formula is C12H17F2N3O. The monoisotopic (exact) mass is 257 g/mol. The van der Waals surface area contributed by atoms with Crippen molar-refractivity contribution in [3.63, 3.8) is 0 Å². The zero-order valence-corrected chi connectivity index (χ0v) is 10.2. The Morgan fingerprint density at radius 3 is 2.50 bits per heavy atom. The van der Waals surface area contributed by atoms with Crippen molar-refractivity contribution >= 4 is 11.6 Å². The summed E-state index contributed by atoms with van der Waals surface area (Å²) in [5.74, 6) is -1.76. The second kappa shape index (κ2) is 7.03. The molecule has 0 unspecified atom stereocenters. The quantitative estimate of drug-likeness (QED) is 0.804. The van der Waals surface area contributed by atoms with Gasteiger partial charge in [0, 0.05) is 11.8 Å². The van der Waals surface area contributed by atoms with E-state index in [2.05, 4.69) is 5.32 Å². The molecular weight excluding hydrogens is 240 g/mol. The summed E-state index contributed by atoms with van der Waals surface area (Å²) < 4.78 is 25.8. The number of rotatable bonds is 6. The molecule has 0 fully saturated rings. The Hall–Kier alpha value is -1.53. The molecule has 0 saturated carbocycles. The Morgan fingerprint density at radius 2 is 1.94 bits per heavy atom. The van der Waals surface area contributed by atoms with Crippen molar-refractivity contribution in [2.24, 2.45) is 5.73 Å². The standard InChI is InChI=1S/C12H17F2N3O/c1-17(4-2-3-15)8-12(18)16-11-6-9(13)5-10(14)7-11/h5-7H,2-4,8,15H2,1H3,(H,16,18). The van der Waals surface area contributed by atoms with Crippen LogP contribution in [-0.4, -0.2) is 37.5 Å². The Bertz CT molecular complexity index is 392. The van der Waals surface area contributed by atoms with Gasteiger partial charge in [0.05, 0.1) is 6.54 Å². The van der Waals surface area contributed by atoms with Crippen LogP contribution in [0.1, 0.15) is 6.42 Å². The van der Waals surface area contributed by atoms with E-state index in [9.17, 15) is 13.6 Å². The highest BCUT2D eigenvalue weighted by molar-refractivity contribution is 5.92. The van der Waals surface area contributed by atoms with Crippen LogP contribution >= 0.6 is 0 Å². The first kappa shape index (κ1) is 14.5. The van der Waals surface area contributed by atoms with Crippen molar-refractivity contribution < 1.29 is 13.6 Å². The van der Waals surface area contributed by atoms with Crippen molar-refractivity contribution in [3.05, 3.63) is 29.8 Å². The lowest BCUT2D eigenvalue weighted by Crippen LogP contribution is -2.31. The third kappa shape index (κ3) is 5.20. The number of halogens is 2. The van der Waals surface area contributed by atoms with E-state index in [-0.39, 0.29) is 18.1 Å². The normalized spacial score (nSPS) is 10.7. The fourth-order valence-corrected chi connectivity index (χ4v) is 1.51. The molecule has 100 valence electrons. The molecule has 6 heteroatoms. The highest BCUT2D eigenvalue weighted by atomic mass is 19.1. The minimum Gasteiger partial charge on any atom is -0.330 e. The van der Waals surface area contributed by atoms with E-state index >= 15 is 0 Å². The first-order valence-corrected chi connectivity index (χ1v) is 5.66. The van der Waals surface area contributed by atoms with Gasteiger partial charge < -0.3 is 11.1 Å². The van der Waals surface area contributed by atoms with Gasteiger partial charge in [0.2, 0.25) is 5.91 Å². The lowest BCUT2D eigenvalue weighted by atomic mass is 10.3. The Kier molecular flexibility index (Phi) is 5.67. The average molecular weight is 257 g/mol. The predicted molar refractivity (Wildman–Crippen MR) is 66.2 cm³/mol. The minimum absolute atomic E-state index is 0.115. The number of benzene rings is 1. The maximum Gasteiger partial charge on any atom is 0.238 e. The number of amides is 1. The van der Waals surface area contributed by atoms with Crippen molar-refractivity contribution in [2.75, 3.05) is 32.0 Å². The minimum atomic E-state index is -0.721. The van der Waals surface area contributed by atoms with Crippen molar-refractivity contribution in [2.45, 2.75) is 6.42 Å². The van der Waals surface area contributed by atoms with Crippen LogP contribution < -0.4 is 11.1 Å². The molecule has 0 bridgehead atoms. The van der Waals surface area contributed by atoms with E-state index in [0.29, 0.717) is 13.1 Å². The summed E-state index contributed by atoms with van der Waals surface area (Å²) in [4.78, 5) is 13.4. The van der Waals surface area contributed by atoms with Gasteiger partial charge in [-0.05, 0) is 38.7 Å². The summed E-state index contributed by atoms with van der Waals surface area (Å²) in [5, 5.41) is 2.44. The van der Waals surface area contributed by atoms with E-state index in [1.807, 2.05) is 0 Å². The molecule has 1 aromatic rings. The summed E-state index contributed by atoms with van der Waals surface area (Å²) >= 11 is 0. The van der Waals surface area contributed by atoms with E-state index in [4.69, 9.17) is 5.73 Å². The van der Waals surface area contributed by atoms with Crippen LogP contribution in [0.5, 0.6) is 0 Å². The fourth-order valence-electron chi connectivity index (χ4n) is 1.51. The SMILES string of the molecule is CN(CCCN)CC(=O)Nc1cc(F)cc(F)c1. The van der Waals surface area contributed by atoms with Crippen LogP contribution in [-0.2, 0) is 4.79 Å². The molecule has 0 spiro atoms. The topological polar surface area (TPSA) is 58.4 Å². The Morgan fingerprint density at radius 1 is 1.33 bits per heavy atom. The smallest absolute Gasteiger partial charge is 0.238 e. The van der Waals surface area contributed by atoms with E-state index in [0.717, 1.165) is 24.6 Å². The number of likely N-dealkylation sites (N-methyl/N-ethyl adjacent to an activating group) is 1. The molecule has 3 N–H and O–H groups in total. The van der Waals surface area contributed by atoms with Gasteiger partial charge in [-0.3, -0.25) is 9.69 Å². The molecule has 4 nitrogen and oxygen atoms in total. The maximum absolute atomic E-state index is 12.9. The first-order chi connectivity index (χ1) is 8.51. The number of nitrogens with zero attached hydrogens (tertiary/aromatic N) is 1. The lowest BCUT2D eigenvalue weighted by Gasteiger charge is -2.15. The van der Waals surface area contributed by atoms with Gasteiger partial charge in [-0.25, -0.2) is 8.78 Å². The van der Waals surface area contributed by atoms with E-state index in [1.165, 1.54) is 0 Å². The second-order valence-corrected chi connectivity index (χ2v) is 4.09. The largest absolute Gasteiger partial charge is 0.330 e. The number of nitrogens with one attached hydrogen (secondary N) is 1. The fraction of sp³-hybridized carbons (Fsp3) is 0.417. The van der Waals surface area contributed by atoms with Crippen LogP contribution in [0.25, 0.3) is 0 Å². The highest BCUT2D eigenvalue weighted by Gasteiger charge is 2.08. The molecule has 18 heavy (non-hydrogen) atoms. The van der Waals surface area contributed by atoms with Gasteiger partial charge in [0.15, 0.2) is 0 Å². The summed E-state index contributed by atoms with van der Waals surface area (Å²) in [6.07, 6.45) is 0.790. The van der Waals surface area contributed by atoms with Crippen LogP contribution in [0, 0.1) is 11.6 Å². The molecule has 0 atom stereocenters. The number of carbonyl (C=O) groups excluding carboxylic acids is 1. The first-order valence-electron chi connectivity index (χ1n) is 5.66. The molecule has 0 radical (unpaired) electrons. The second-order valence-electron chi connectivity index (χ2n) is 4.09. The van der Waals surface area contributed by atoms with Crippen LogP contribution in [0.3, 0.4) is 0 Å². The molecule has 0 aliphatic heterocycles. The van der Waals surface area contributed by atoms with Gasteiger partial charge in [-0.15, -0.1) is 0 Å². The molecule has 0 aromatic heterocycles. The lowest BCUT2D eigenvalue weighted by molar-refractivity contribution is -0.117. The summed E-state index contributed by atoms with van der Waals surface area (Å²) in [6.45, 7) is 1.40. The van der Waals surface area contributed by atoms with Gasteiger partial charge in [0.1, 0.15) is 11.6 Å². The molecule has 0 aliphatic rings. The van der Waals surface area contributed by atoms with Gasteiger partial charge in [-0.2, -0.15) is 0 Å². The number of anilines is 1. The third-order valence-electron chi connectivity index (χ3n) is 2.30. The third-order valence-corrected chi connectivity index (χ3v) is 2.30. The van der Waals surface area contributed by atoms with Crippen molar-refractivity contribution in [1.29, 1.82) is 0 Å². The van der Waals surface area contributed by atoms with Gasteiger partial charge in [-0.1, -0.05) is 0 Å². The molecule has 0 saturated heterocycles. The van der Waals surface area contributed by atoms with Crippen LogP contribution in [0.4, 0.5) is 14.5 Å². The maximum atomic E-state index is 12.9. The number of hydrogen-bond acceptors (Lipinski definition) is 3. The van der Waals surface area contributed by atoms with Gasteiger partial charge in [0.25, 0.3) is 0 Å². The Labute approximate surface area is 105 Å². The van der Waals surface area contributed by atoms with Crippen molar-refractivity contribution in [1.82, 2.24) is 4.90 Å². The molecule has 0 heterocycles. The van der Waals surface area contributed by atoms with Gasteiger partial charge >= 0.3 is 0 Å². The number of hydrogen-bond donors (Lipinski definition) is 2. The number of carbonyl (C=O) groups is 1. The van der Waals surface area contributed by atoms with Crippen LogP contribution in [0.15, 0.2) is 18.2 Å². The zero-order valence-electron chi connectivity index (χ0n) is 10.2. The van der Waals surface area contributed by atoms with Crippen LogP contribution in [0.2, 0.25) is 0 Å². The van der Waals surface area contributed by atoms with Crippen molar-refractivity contribution in [3.8, 4) is 0 Å². The number of nitrogens with two attached hydrogens (primary N) is 1. The summed E-state index contributed by atoms with van der Waals surface area (Å²) in [6, 6.07) is 2.89. The summed E-state index contributed by atoms with van der Waals surface area (Å²) in [7, 11) is 1.78. The Balaban J connectivity index is 2.48. The molecule has 1 aromatic carbocycles. The average Bonchev–Trinajstić information content (AvgIpc) is 2.24. The summed E-state index contributed by atoms with van der Waals surface area (Å²) in [5.41, 5.74) is 5.47. The zero-order chi connectivity index (χ0) is 13.5.